The van der Waals surface area contributed by atoms with Gasteiger partial charge in [-0.2, -0.15) is 9.57 Å². The fourth-order valence-corrected chi connectivity index (χ4v) is 3.47. The van der Waals surface area contributed by atoms with E-state index in [1.807, 2.05) is 6.07 Å². The van der Waals surface area contributed by atoms with Gasteiger partial charge >= 0.3 is 0 Å². The van der Waals surface area contributed by atoms with E-state index >= 15 is 0 Å². The van der Waals surface area contributed by atoms with Crippen molar-refractivity contribution in [3.05, 3.63) is 29.8 Å². The van der Waals surface area contributed by atoms with Crippen molar-refractivity contribution >= 4 is 10.0 Å². The first-order chi connectivity index (χ1) is 8.72. The Morgan fingerprint density at radius 2 is 1.95 bits per heavy atom. The van der Waals surface area contributed by atoms with E-state index in [9.17, 15) is 13.5 Å². The summed E-state index contributed by atoms with van der Waals surface area (Å²) in [6, 6.07) is 7.93. The van der Waals surface area contributed by atoms with Crippen molar-refractivity contribution in [2.75, 3.05) is 13.1 Å². The first-order valence-corrected chi connectivity index (χ1v) is 7.38. The molecule has 0 aliphatic heterocycles. The van der Waals surface area contributed by atoms with Crippen LogP contribution in [-0.4, -0.2) is 36.5 Å². The molecule has 1 aromatic rings. The Bertz CT molecular complexity index is 583. The van der Waals surface area contributed by atoms with E-state index < -0.39 is 15.6 Å². The van der Waals surface area contributed by atoms with Crippen LogP contribution in [0, 0.1) is 11.3 Å². The van der Waals surface area contributed by atoms with Crippen molar-refractivity contribution in [3.63, 3.8) is 0 Å². The summed E-state index contributed by atoms with van der Waals surface area (Å²) in [5, 5.41) is 18.8. The Hall–Kier alpha value is -1.42. The number of aliphatic hydroxyl groups is 1. The minimum atomic E-state index is -3.78. The number of likely N-dealkylation sites (N-methyl/N-ethyl adjacent to an activating group) is 1. The zero-order valence-electron chi connectivity index (χ0n) is 11.3. The molecule has 0 atom stereocenters. The molecule has 0 aliphatic rings. The molecule has 19 heavy (non-hydrogen) atoms. The van der Waals surface area contributed by atoms with Gasteiger partial charge in [-0.15, -0.1) is 0 Å². The van der Waals surface area contributed by atoms with Gasteiger partial charge in [-0.05, 0) is 26.0 Å². The van der Waals surface area contributed by atoms with Gasteiger partial charge < -0.3 is 5.11 Å². The van der Waals surface area contributed by atoms with Gasteiger partial charge in [0.25, 0.3) is 0 Å². The highest BCUT2D eigenvalue weighted by Crippen LogP contribution is 2.21. The zero-order chi connectivity index (χ0) is 14.7. The second kappa shape index (κ2) is 5.70. The van der Waals surface area contributed by atoms with Gasteiger partial charge in [0.2, 0.25) is 10.0 Å². The average molecular weight is 282 g/mol. The lowest BCUT2D eigenvalue weighted by Crippen LogP contribution is -2.42. The first-order valence-electron chi connectivity index (χ1n) is 5.94. The van der Waals surface area contributed by atoms with E-state index in [1.165, 1.54) is 16.4 Å². The Kier molecular flexibility index (Phi) is 4.69. The Labute approximate surface area is 114 Å². The van der Waals surface area contributed by atoms with Crippen LogP contribution in [0.25, 0.3) is 0 Å². The van der Waals surface area contributed by atoms with Crippen LogP contribution in [0.1, 0.15) is 26.3 Å². The van der Waals surface area contributed by atoms with E-state index in [1.54, 1.807) is 32.9 Å². The zero-order valence-corrected chi connectivity index (χ0v) is 12.1. The van der Waals surface area contributed by atoms with Crippen molar-refractivity contribution in [1.82, 2.24) is 4.31 Å². The second-order valence-electron chi connectivity index (χ2n) is 4.85. The molecule has 1 rings (SSSR count). The minimum Gasteiger partial charge on any atom is -0.389 e. The van der Waals surface area contributed by atoms with Crippen LogP contribution < -0.4 is 0 Å². The van der Waals surface area contributed by atoms with Crippen molar-refractivity contribution in [2.24, 2.45) is 0 Å². The van der Waals surface area contributed by atoms with Crippen molar-refractivity contribution < 1.29 is 13.5 Å². The molecule has 104 valence electrons. The van der Waals surface area contributed by atoms with Crippen LogP contribution in [0.3, 0.4) is 0 Å². The van der Waals surface area contributed by atoms with Crippen LogP contribution in [-0.2, 0) is 10.0 Å². The third-order valence-electron chi connectivity index (χ3n) is 2.54. The Morgan fingerprint density at radius 1 is 1.37 bits per heavy atom. The van der Waals surface area contributed by atoms with E-state index in [-0.39, 0.29) is 23.5 Å². The number of rotatable bonds is 5. The molecule has 0 bridgehead atoms. The number of sulfonamides is 1. The number of hydrogen-bond acceptors (Lipinski definition) is 4. The van der Waals surface area contributed by atoms with Crippen molar-refractivity contribution in [1.29, 1.82) is 5.26 Å². The van der Waals surface area contributed by atoms with Gasteiger partial charge in [0.15, 0.2) is 0 Å². The van der Waals surface area contributed by atoms with Gasteiger partial charge in [0.1, 0.15) is 6.07 Å². The molecular weight excluding hydrogens is 264 g/mol. The molecule has 0 saturated heterocycles. The predicted octanol–water partition coefficient (Wildman–Crippen LogP) is 1.34. The molecule has 0 aliphatic carbocycles. The normalized spacial score (nSPS) is 12.4. The topological polar surface area (TPSA) is 81.4 Å². The molecule has 0 heterocycles. The number of benzene rings is 1. The number of nitrogens with zero attached hydrogens (tertiary/aromatic N) is 2. The maximum absolute atomic E-state index is 12.5. The molecule has 0 fully saturated rings. The van der Waals surface area contributed by atoms with Crippen LogP contribution in [0.5, 0.6) is 0 Å². The highest BCUT2D eigenvalue weighted by molar-refractivity contribution is 7.89. The molecule has 6 heteroatoms. The highest BCUT2D eigenvalue weighted by Gasteiger charge is 2.29. The van der Waals surface area contributed by atoms with Crippen LogP contribution in [0.4, 0.5) is 0 Å². The van der Waals surface area contributed by atoms with E-state index in [0.29, 0.717) is 0 Å². The summed E-state index contributed by atoms with van der Waals surface area (Å²) < 4.78 is 26.1. The van der Waals surface area contributed by atoms with E-state index in [4.69, 9.17) is 5.26 Å². The van der Waals surface area contributed by atoms with Crippen LogP contribution in [0.2, 0.25) is 0 Å². The molecule has 0 unspecified atom stereocenters. The molecule has 0 aromatic heterocycles. The summed E-state index contributed by atoms with van der Waals surface area (Å²) in [6.45, 7) is 4.98. The third-order valence-corrected chi connectivity index (χ3v) is 4.52. The van der Waals surface area contributed by atoms with Gasteiger partial charge in [-0.1, -0.05) is 19.1 Å². The largest absolute Gasteiger partial charge is 0.389 e. The summed E-state index contributed by atoms with van der Waals surface area (Å²) in [5.74, 6) is 0. The average Bonchev–Trinajstić information content (AvgIpc) is 2.34. The molecule has 0 radical (unpaired) electrons. The number of nitriles is 1. The summed E-state index contributed by atoms with van der Waals surface area (Å²) in [4.78, 5) is -0.0244. The fourth-order valence-electron chi connectivity index (χ4n) is 1.72. The van der Waals surface area contributed by atoms with Crippen LogP contribution in [0.15, 0.2) is 29.2 Å². The lowest BCUT2D eigenvalue weighted by Gasteiger charge is -2.27. The van der Waals surface area contributed by atoms with E-state index in [2.05, 4.69) is 0 Å². The van der Waals surface area contributed by atoms with E-state index in [0.717, 1.165) is 0 Å². The van der Waals surface area contributed by atoms with Crippen molar-refractivity contribution in [3.8, 4) is 6.07 Å². The van der Waals surface area contributed by atoms with Crippen molar-refractivity contribution in [2.45, 2.75) is 31.3 Å². The fraction of sp³-hybridized carbons (Fsp3) is 0.462. The maximum atomic E-state index is 12.5. The SMILES string of the molecule is CCN(CC(C)(C)O)S(=O)(=O)c1ccccc1C#N. The number of hydrogen-bond donors (Lipinski definition) is 1. The second-order valence-corrected chi connectivity index (χ2v) is 6.76. The summed E-state index contributed by atoms with van der Waals surface area (Å²) in [6.07, 6.45) is 0. The lowest BCUT2D eigenvalue weighted by atomic mass is 10.1. The van der Waals surface area contributed by atoms with Gasteiger partial charge in [0, 0.05) is 13.1 Å². The Balaban J connectivity index is 3.26. The van der Waals surface area contributed by atoms with Gasteiger partial charge in [-0.25, -0.2) is 8.42 Å². The summed E-state index contributed by atoms with van der Waals surface area (Å²) in [7, 11) is -3.78. The third kappa shape index (κ3) is 3.77. The Morgan fingerprint density at radius 3 is 2.42 bits per heavy atom. The molecule has 1 aromatic carbocycles. The summed E-state index contributed by atoms with van der Waals surface area (Å²) in [5.41, 5.74) is -1.03. The molecule has 5 nitrogen and oxygen atoms in total. The van der Waals surface area contributed by atoms with Crippen LogP contribution >= 0.6 is 0 Å². The quantitative estimate of drug-likeness (QED) is 0.883. The molecule has 1 N–H and O–H groups in total. The minimum absolute atomic E-state index is 0.0222. The predicted molar refractivity (Wildman–Crippen MR) is 71.9 cm³/mol. The highest BCUT2D eigenvalue weighted by atomic mass is 32.2. The summed E-state index contributed by atoms with van der Waals surface area (Å²) >= 11 is 0. The first kappa shape index (κ1) is 15.6. The monoisotopic (exact) mass is 282 g/mol. The molecule has 0 spiro atoms. The molecule has 0 amide bonds. The smallest absolute Gasteiger partial charge is 0.244 e. The molecule has 0 saturated carbocycles. The standard InChI is InChI=1S/C13H18N2O3S/c1-4-15(10-13(2,3)16)19(17,18)12-8-6-5-7-11(12)9-14/h5-8,16H,4,10H2,1-3H3. The maximum Gasteiger partial charge on any atom is 0.244 e. The lowest BCUT2D eigenvalue weighted by molar-refractivity contribution is 0.0601. The van der Waals surface area contributed by atoms with Gasteiger partial charge in [0.05, 0.1) is 16.1 Å². The van der Waals surface area contributed by atoms with Gasteiger partial charge in [-0.3, -0.25) is 0 Å². The molecular formula is C13H18N2O3S.